The smallest absolute Gasteiger partial charge is 0.277 e. The number of nitrogens with two attached hydrogens (primary N) is 1. The van der Waals surface area contributed by atoms with E-state index in [-0.39, 0.29) is 24.0 Å². The van der Waals surface area contributed by atoms with Gasteiger partial charge in [-0.3, -0.25) is 4.79 Å². The van der Waals surface area contributed by atoms with Crippen LogP contribution in [0.1, 0.15) is 46.4 Å². The van der Waals surface area contributed by atoms with E-state index in [1.54, 1.807) is 32.0 Å². The maximum Gasteiger partial charge on any atom is 0.277 e. The van der Waals surface area contributed by atoms with Gasteiger partial charge >= 0.3 is 0 Å². The molecule has 1 atom stereocenters. The number of aliphatic hydroxyl groups is 3. The summed E-state index contributed by atoms with van der Waals surface area (Å²) in [7, 11) is 0. The number of hydrogen-bond donors (Lipinski definition) is 4. The fourth-order valence-corrected chi connectivity index (χ4v) is 3.78. The normalized spacial score (nSPS) is 15.9. The first kappa shape index (κ1) is 19.3. The van der Waals surface area contributed by atoms with E-state index in [1.807, 2.05) is 0 Å². The quantitative estimate of drug-likeness (QED) is 0.463. The summed E-state index contributed by atoms with van der Waals surface area (Å²) >= 11 is 1.13. The van der Waals surface area contributed by atoms with Crippen LogP contribution in [0.25, 0.3) is 11.3 Å². The van der Waals surface area contributed by atoms with Crippen LogP contribution in [0.3, 0.4) is 0 Å². The van der Waals surface area contributed by atoms with Crippen LogP contribution in [-0.2, 0) is 0 Å². The molecule has 2 heterocycles. The number of aliphatic hydroxyl groups excluding tert-OH is 1. The molecule has 1 aromatic carbocycles. The van der Waals surface area contributed by atoms with Crippen molar-refractivity contribution in [1.82, 2.24) is 4.98 Å². The minimum absolute atomic E-state index is 0.0484. The average molecular weight is 388 g/mol. The van der Waals surface area contributed by atoms with Gasteiger partial charge in [-0.1, -0.05) is 11.8 Å². The Kier molecular flexibility index (Phi) is 5.22. The lowest BCUT2D eigenvalue weighted by atomic mass is 9.99. The fourth-order valence-electron chi connectivity index (χ4n) is 2.75. The molecule has 8 heteroatoms. The molecule has 0 saturated heterocycles. The molecule has 0 bridgehead atoms. The lowest BCUT2D eigenvalue weighted by Gasteiger charge is -2.15. The van der Waals surface area contributed by atoms with Crippen molar-refractivity contribution in [2.24, 2.45) is 5.73 Å². The average Bonchev–Trinajstić information content (AvgIpc) is 2.96. The Morgan fingerprint density at radius 3 is 2.85 bits per heavy atom. The molecular formula is C19H20N2O5S. The highest BCUT2D eigenvalue weighted by molar-refractivity contribution is 7.14. The van der Waals surface area contributed by atoms with Crippen LogP contribution in [0.2, 0.25) is 0 Å². The first-order valence-corrected chi connectivity index (χ1v) is 9.15. The summed E-state index contributed by atoms with van der Waals surface area (Å²) in [5, 5.41) is 28.7. The van der Waals surface area contributed by atoms with Gasteiger partial charge in [0.2, 0.25) is 0 Å². The molecule has 3 rings (SSSR count). The fraction of sp³-hybridized carbons (Fsp3) is 0.368. The summed E-state index contributed by atoms with van der Waals surface area (Å²) in [6, 6.07) is 5.28. The molecule has 0 aliphatic carbocycles. The van der Waals surface area contributed by atoms with E-state index in [1.165, 1.54) is 0 Å². The number of thiazole rings is 1. The Bertz CT molecular complexity index is 934. The number of carbonyl (C=O) groups is 1. The Morgan fingerprint density at radius 1 is 1.48 bits per heavy atom. The maximum absolute atomic E-state index is 11.6. The molecule has 0 fully saturated rings. The van der Waals surface area contributed by atoms with Crippen LogP contribution in [0.15, 0.2) is 18.2 Å². The van der Waals surface area contributed by atoms with E-state index in [0.29, 0.717) is 27.4 Å². The number of carbonyl (C=O) groups excluding carboxylic acids is 1. The SMILES string of the molecule is CC(C)(O)C#Cc1ccc2c(c1)-c1nc(C(N)=O)sc1C(CC(O)O)CO2. The van der Waals surface area contributed by atoms with E-state index in [0.717, 1.165) is 11.3 Å². The van der Waals surface area contributed by atoms with Gasteiger partial charge in [-0.15, -0.1) is 11.3 Å². The first-order chi connectivity index (χ1) is 12.6. The van der Waals surface area contributed by atoms with E-state index in [4.69, 9.17) is 10.5 Å². The summed E-state index contributed by atoms with van der Waals surface area (Å²) < 4.78 is 5.83. The number of ether oxygens (including phenoxy) is 1. The van der Waals surface area contributed by atoms with Crippen molar-refractivity contribution in [1.29, 1.82) is 0 Å². The molecule has 27 heavy (non-hydrogen) atoms. The Balaban J connectivity index is 2.12. The second-order valence-corrected chi connectivity index (χ2v) is 7.87. The van der Waals surface area contributed by atoms with Crippen LogP contribution < -0.4 is 10.5 Å². The number of fused-ring (bicyclic) bond motifs is 3. The van der Waals surface area contributed by atoms with Gasteiger partial charge in [0.25, 0.3) is 5.91 Å². The Morgan fingerprint density at radius 2 is 2.22 bits per heavy atom. The van der Waals surface area contributed by atoms with Crippen LogP contribution >= 0.6 is 11.3 Å². The molecule has 0 spiro atoms. The van der Waals surface area contributed by atoms with Gasteiger partial charge in [0, 0.05) is 28.3 Å². The second kappa shape index (κ2) is 7.29. The lowest BCUT2D eigenvalue weighted by Crippen LogP contribution is -2.16. The van der Waals surface area contributed by atoms with Crippen molar-refractivity contribution < 1.29 is 24.9 Å². The van der Waals surface area contributed by atoms with Crippen molar-refractivity contribution in [2.75, 3.05) is 6.61 Å². The minimum atomic E-state index is -1.51. The Labute approximate surface area is 160 Å². The molecule has 0 radical (unpaired) electrons. The van der Waals surface area contributed by atoms with Crippen molar-refractivity contribution in [3.05, 3.63) is 33.6 Å². The number of amides is 1. The zero-order valence-corrected chi connectivity index (χ0v) is 15.7. The molecule has 1 amide bonds. The maximum atomic E-state index is 11.6. The van der Waals surface area contributed by atoms with Crippen molar-refractivity contribution in [3.8, 4) is 28.8 Å². The Hall–Kier alpha value is -2.44. The third-order valence-corrected chi connectivity index (χ3v) is 5.15. The monoisotopic (exact) mass is 388 g/mol. The third kappa shape index (κ3) is 4.46. The van der Waals surface area contributed by atoms with Gasteiger partial charge in [-0.05, 0) is 32.0 Å². The van der Waals surface area contributed by atoms with Gasteiger partial charge in [-0.25, -0.2) is 4.98 Å². The van der Waals surface area contributed by atoms with Gasteiger partial charge < -0.3 is 25.8 Å². The number of aromatic nitrogens is 1. The summed E-state index contributed by atoms with van der Waals surface area (Å²) in [5.41, 5.74) is 6.08. The topological polar surface area (TPSA) is 126 Å². The summed E-state index contributed by atoms with van der Waals surface area (Å²) in [4.78, 5) is 16.7. The molecule has 142 valence electrons. The summed E-state index contributed by atoms with van der Waals surface area (Å²) in [6.07, 6.45) is -1.47. The van der Waals surface area contributed by atoms with E-state index < -0.39 is 17.8 Å². The molecule has 1 unspecified atom stereocenters. The molecular weight excluding hydrogens is 368 g/mol. The molecule has 1 aliphatic rings. The lowest BCUT2D eigenvalue weighted by molar-refractivity contribution is -0.0518. The zero-order valence-electron chi connectivity index (χ0n) is 14.9. The highest BCUT2D eigenvalue weighted by Gasteiger charge is 2.30. The molecule has 0 saturated carbocycles. The highest BCUT2D eigenvalue weighted by Crippen LogP contribution is 2.43. The second-order valence-electron chi connectivity index (χ2n) is 6.84. The van der Waals surface area contributed by atoms with Crippen molar-refractivity contribution >= 4 is 17.2 Å². The van der Waals surface area contributed by atoms with Gasteiger partial charge in [0.1, 0.15) is 11.4 Å². The van der Waals surface area contributed by atoms with Crippen LogP contribution in [-0.4, -0.2) is 44.7 Å². The molecule has 1 aromatic heterocycles. The molecule has 5 N–H and O–H groups in total. The van der Waals surface area contributed by atoms with Gasteiger partial charge in [-0.2, -0.15) is 0 Å². The number of hydrogen-bond acceptors (Lipinski definition) is 7. The van der Waals surface area contributed by atoms with Crippen molar-refractivity contribution in [2.45, 2.75) is 38.1 Å². The van der Waals surface area contributed by atoms with Crippen molar-refractivity contribution in [3.63, 3.8) is 0 Å². The zero-order chi connectivity index (χ0) is 19.8. The number of primary amides is 1. The molecule has 1 aliphatic heterocycles. The van der Waals surface area contributed by atoms with Gasteiger partial charge in [0.15, 0.2) is 11.3 Å². The largest absolute Gasteiger partial charge is 0.492 e. The minimum Gasteiger partial charge on any atom is -0.492 e. The third-order valence-electron chi connectivity index (χ3n) is 3.92. The van der Waals surface area contributed by atoms with Crippen LogP contribution in [0, 0.1) is 11.8 Å². The predicted octanol–water partition coefficient (Wildman–Crippen LogP) is 1.21. The summed E-state index contributed by atoms with van der Waals surface area (Å²) in [5.74, 6) is 5.23. The number of nitrogens with zero attached hydrogens (tertiary/aromatic N) is 1. The van der Waals surface area contributed by atoms with E-state index in [9.17, 15) is 20.1 Å². The molecule has 2 aromatic rings. The number of rotatable bonds is 3. The van der Waals surface area contributed by atoms with E-state index >= 15 is 0 Å². The molecule has 7 nitrogen and oxygen atoms in total. The predicted molar refractivity (Wildman–Crippen MR) is 100 cm³/mol. The number of benzene rings is 1. The first-order valence-electron chi connectivity index (χ1n) is 8.33. The standard InChI is InChI=1S/C19H20N2O5S/c1-19(2,25)6-5-10-3-4-13-12(7-10)15-16(27-18(21-15)17(20)24)11(9-26-13)8-14(22)23/h3-4,7,11,14,22-23,25H,8-9H2,1-2H3,(H2,20,24). The van der Waals surface area contributed by atoms with Gasteiger partial charge in [0.05, 0.1) is 12.3 Å². The summed E-state index contributed by atoms with van der Waals surface area (Å²) in [6.45, 7) is 3.40. The van der Waals surface area contributed by atoms with E-state index in [2.05, 4.69) is 16.8 Å². The highest BCUT2D eigenvalue weighted by atomic mass is 32.1. The van der Waals surface area contributed by atoms with Crippen LogP contribution in [0.4, 0.5) is 0 Å². The van der Waals surface area contributed by atoms with Crippen LogP contribution in [0.5, 0.6) is 5.75 Å².